The van der Waals surface area contributed by atoms with Gasteiger partial charge in [-0.15, -0.1) is 0 Å². The Hall–Kier alpha value is 0.270. The first-order chi connectivity index (χ1) is 6.77. The lowest BCUT2D eigenvalue weighted by molar-refractivity contribution is 0.0983. The average Bonchev–Trinajstić information content (AvgIpc) is 2.18. The van der Waals surface area contributed by atoms with E-state index in [9.17, 15) is 0 Å². The summed E-state index contributed by atoms with van der Waals surface area (Å²) in [4.78, 5) is 2.76. The maximum atomic E-state index is 3.58. The molecule has 2 aliphatic rings. The number of nitrogens with zero attached hydrogens (tertiary/aromatic N) is 1. The zero-order valence-electron chi connectivity index (χ0n) is 9.33. The summed E-state index contributed by atoms with van der Waals surface area (Å²) in [5.41, 5.74) is 0. The Bertz CT molecular complexity index is 182. The van der Waals surface area contributed by atoms with Crippen molar-refractivity contribution in [3.63, 3.8) is 0 Å². The molecular weight excluding hydrogens is 192 g/mol. The third-order valence-electron chi connectivity index (χ3n) is 3.25. The van der Waals surface area contributed by atoms with Crippen LogP contribution in [0.4, 0.5) is 0 Å². The van der Waals surface area contributed by atoms with Crippen LogP contribution in [0.1, 0.15) is 20.3 Å². The van der Waals surface area contributed by atoms with Gasteiger partial charge in [0.25, 0.3) is 0 Å². The third-order valence-corrected chi connectivity index (χ3v) is 4.34. The molecule has 2 atom stereocenters. The molecule has 14 heavy (non-hydrogen) atoms. The summed E-state index contributed by atoms with van der Waals surface area (Å²) in [5, 5.41) is 3.58. The molecule has 0 bridgehead atoms. The number of fused-ring (bicyclic) bond motifs is 1. The Balaban J connectivity index is 1.94. The van der Waals surface area contributed by atoms with Gasteiger partial charge >= 0.3 is 0 Å². The maximum absolute atomic E-state index is 3.58. The molecule has 2 nitrogen and oxygen atoms in total. The quantitative estimate of drug-likeness (QED) is 0.748. The van der Waals surface area contributed by atoms with Crippen LogP contribution in [-0.4, -0.2) is 48.1 Å². The van der Waals surface area contributed by atoms with Crippen LogP contribution in [-0.2, 0) is 0 Å². The lowest BCUT2D eigenvalue weighted by Crippen LogP contribution is -2.60. The van der Waals surface area contributed by atoms with Crippen LogP contribution in [0.2, 0.25) is 0 Å². The highest BCUT2D eigenvalue weighted by molar-refractivity contribution is 7.99. The summed E-state index contributed by atoms with van der Waals surface area (Å²) in [6, 6.07) is 1.61. The normalized spacial score (nSPS) is 34.5. The maximum Gasteiger partial charge on any atom is 0.0315 e. The highest BCUT2D eigenvalue weighted by Crippen LogP contribution is 2.23. The molecule has 1 N–H and O–H groups in total. The smallest absolute Gasteiger partial charge is 0.0315 e. The fourth-order valence-corrected chi connectivity index (χ4v) is 3.71. The number of rotatable bonds is 2. The van der Waals surface area contributed by atoms with Gasteiger partial charge in [0.05, 0.1) is 0 Å². The van der Waals surface area contributed by atoms with E-state index in [1.165, 1.54) is 37.6 Å². The largest absolute Gasteiger partial charge is 0.314 e. The first kappa shape index (κ1) is 10.8. The summed E-state index contributed by atoms with van der Waals surface area (Å²) in [6.07, 6.45) is 1.36. The average molecular weight is 214 g/mol. The van der Waals surface area contributed by atoms with Crippen LogP contribution < -0.4 is 5.32 Å². The van der Waals surface area contributed by atoms with Crippen molar-refractivity contribution in [1.29, 1.82) is 0 Å². The minimum absolute atomic E-state index is 0.801. The molecule has 0 spiro atoms. The highest BCUT2D eigenvalue weighted by atomic mass is 32.2. The summed E-state index contributed by atoms with van der Waals surface area (Å²) >= 11 is 2.12. The predicted octanol–water partition coefficient (Wildman–Crippen LogP) is 1.42. The Kier molecular flexibility index (Phi) is 3.74. The van der Waals surface area contributed by atoms with E-state index >= 15 is 0 Å². The van der Waals surface area contributed by atoms with Gasteiger partial charge in [0.15, 0.2) is 0 Å². The SMILES string of the molecule is CC(C)CC1CNCC2CSCCN21. The molecule has 0 aromatic carbocycles. The Labute approximate surface area is 91.8 Å². The zero-order chi connectivity index (χ0) is 9.97. The van der Waals surface area contributed by atoms with Crippen LogP contribution in [0.5, 0.6) is 0 Å². The van der Waals surface area contributed by atoms with Crippen molar-refractivity contribution in [2.45, 2.75) is 32.4 Å². The topological polar surface area (TPSA) is 15.3 Å². The summed E-state index contributed by atoms with van der Waals surface area (Å²) in [5.74, 6) is 3.50. The fourth-order valence-electron chi connectivity index (χ4n) is 2.62. The van der Waals surface area contributed by atoms with E-state index in [2.05, 4.69) is 35.8 Å². The number of piperazine rings is 1. The molecule has 2 rings (SSSR count). The molecule has 2 fully saturated rings. The standard InChI is InChI=1S/C11H22N2S/c1-9(2)5-10-6-12-7-11-8-14-4-3-13(10)11/h9-12H,3-8H2,1-2H3. The van der Waals surface area contributed by atoms with Crippen molar-refractivity contribution in [3.05, 3.63) is 0 Å². The van der Waals surface area contributed by atoms with E-state index in [4.69, 9.17) is 0 Å². The van der Waals surface area contributed by atoms with Crippen molar-refractivity contribution >= 4 is 11.8 Å². The number of thioether (sulfide) groups is 1. The summed E-state index contributed by atoms with van der Waals surface area (Å²) in [6.45, 7) is 8.40. The van der Waals surface area contributed by atoms with Crippen LogP contribution in [0.15, 0.2) is 0 Å². The van der Waals surface area contributed by atoms with Gasteiger partial charge in [-0.3, -0.25) is 4.90 Å². The molecule has 0 radical (unpaired) electrons. The van der Waals surface area contributed by atoms with Crippen molar-refractivity contribution in [3.8, 4) is 0 Å². The van der Waals surface area contributed by atoms with Crippen LogP contribution in [0.25, 0.3) is 0 Å². The Morgan fingerprint density at radius 2 is 2.29 bits per heavy atom. The molecule has 0 amide bonds. The molecule has 0 aromatic rings. The van der Waals surface area contributed by atoms with Crippen LogP contribution in [0, 0.1) is 5.92 Å². The van der Waals surface area contributed by atoms with Gasteiger partial charge in [0, 0.05) is 43.2 Å². The van der Waals surface area contributed by atoms with Crippen molar-refractivity contribution in [1.82, 2.24) is 10.2 Å². The molecular formula is C11H22N2S. The van der Waals surface area contributed by atoms with Crippen LogP contribution in [0.3, 0.4) is 0 Å². The summed E-state index contributed by atoms with van der Waals surface area (Å²) in [7, 11) is 0. The molecule has 2 saturated heterocycles. The van der Waals surface area contributed by atoms with Gasteiger partial charge in [0.1, 0.15) is 0 Å². The number of hydrogen-bond donors (Lipinski definition) is 1. The van der Waals surface area contributed by atoms with E-state index in [1.807, 2.05) is 0 Å². The van der Waals surface area contributed by atoms with E-state index in [1.54, 1.807) is 0 Å². The minimum atomic E-state index is 0.801. The van der Waals surface area contributed by atoms with E-state index < -0.39 is 0 Å². The predicted molar refractivity (Wildman–Crippen MR) is 63.9 cm³/mol. The second-order valence-corrected chi connectivity index (χ2v) is 6.06. The van der Waals surface area contributed by atoms with Crippen molar-refractivity contribution in [2.75, 3.05) is 31.1 Å². The van der Waals surface area contributed by atoms with Gasteiger partial charge in [-0.25, -0.2) is 0 Å². The van der Waals surface area contributed by atoms with Gasteiger partial charge in [-0.2, -0.15) is 11.8 Å². The van der Waals surface area contributed by atoms with Gasteiger partial charge in [0.2, 0.25) is 0 Å². The molecule has 2 aliphatic heterocycles. The lowest BCUT2D eigenvalue weighted by atomic mass is 9.98. The number of hydrogen-bond acceptors (Lipinski definition) is 3. The molecule has 0 saturated carbocycles. The molecule has 2 unspecified atom stereocenters. The fraction of sp³-hybridized carbons (Fsp3) is 1.00. The third kappa shape index (κ3) is 2.44. The molecule has 0 aliphatic carbocycles. The van der Waals surface area contributed by atoms with Gasteiger partial charge < -0.3 is 5.32 Å². The monoisotopic (exact) mass is 214 g/mol. The first-order valence-electron chi connectivity index (χ1n) is 5.81. The van der Waals surface area contributed by atoms with Gasteiger partial charge in [-0.1, -0.05) is 13.8 Å². The molecule has 82 valence electrons. The van der Waals surface area contributed by atoms with Crippen molar-refractivity contribution < 1.29 is 0 Å². The van der Waals surface area contributed by atoms with E-state index in [0.29, 0.717) is 0 Å². The number of nitrogens with one attached hydrogen (secondary N) is 1. The Morgan fingerprint density at radius 1 is 1.43 bits per heavy atom. The zero-order valence-corrected chi connectivity index (χ0v) is 10.1. The minimum Gasteiger partial charge on any atom is -0.314 e. The first-order valence-corrected chi connectivity index (χ1v) is 6.97. The molecule has 0 aromatic heterocycles. The Morgan fingerprint density at radius 3 is 3.07 bits per heavy atom. The molecule has 3 heteroatoms. The second-order valence-electron chi connectivity index (χ2n) is 4.91. The highest BCUT2D eigenvalue weighted by Gasteiger charge is 2.32. The lowest BCUT2D eigenvalue weighted by Gasteiger charge is -2.45. The van der Waals surface area contributed by atoms with Gasteiger partial charge in [-0.05, 0) is 12.3 Å². The van der Waals surface area contributed by atoms with Crippen LogP contribution >= 0.6 is 11.8 Å². The van der Waals surface area contributed by atoms with E-state index in [-0.39, 0.29) is 0 Å². The second kappa shape index (κ2) is 4.86. The van der Waals surface area contributed by atoms with Crippen molar-refractivity contribution in [2.24, 2.45) is 5.92 Å². The van der Waals surface area contributed by atoms with E-state index in [0.717, 1.165) is 18.0 Å². The molecule has 2 heterocycles. The summed E-state index contributed by atoms with van der Waals surface area (Å²) < 4.78 is 0.